The van der Waals surface area contributed by atoms with Crippen molar-refractivity contribution in [3.8, 4) is 5.75 Å². The summed E-state index contributed by atoms with van der Waals surface area (Å²) < 4.78 is 36.0. The van der Waals surface area contributed by atoms with E-state index in [9.17, 15) is 18.0 Å². The van der Waals surface area contributed by atoms with Crippen LogP contribution in [0.25, 0.3) is 0 Å². The molecule has 0 fully saturated rings. The highest BCUT2D eigenvalue weighted by atomic mass is 79.9. The average Bonchev–Trinajstić information content (AvgIpc) is 2.95. The molecule has 0 saturated carbocycles. The summed E-state index contributed by atoms with van der Waals surface area (Å²) >= 11 is 6.76. The third kappa shape index (κ3) is 8.80. The molecule has 0 aliphatic heterocycles. The fraction of sp³-hybridized carbons (Fsp3) is 0.333. The molecule has 41 heavy (non-hydrogen) atoms. The minimum Gasteiger partial charge on any atom is -0.494 e. The molecular formula is C30H35Br2N3O5S. The molecule has 0 aliphatic carbocycles. The Balaban J connectivity index is 2.02. The summed E-state index contributed by atoms with van der Waals surface area (Å²) in [4.78, 5) is 28.6. The van der Waals surface area contributed by atoms with Gasteiger partial charge in [0.05, 0.1) is 17.2 Å². The Labute approximate surface area is 259 Å². The molecule has 1 N–H and O–H groups in total. The predicted octanol–water partition coefficient (Wildman–Crippen LogP) is 6.14. The van der Waals surface area contributed by atoms with Gasteiger partial charge in [0.15, 0.2) is 0 Å². The number of hydrogen-bond donors (Lipinski definition) is 1. The van der Waals surface area contributed by atoms with Crippen LogP contribution < -0.4 is 14.4 Å². The van der Waals surface area contributed by atoms with Gasteiger partial charge in [0, 0.05) is 21.5 Å². The van der Waals surface area contributed by atoms with E-state index >= 15 is 0 Å². The number of anilines is 1. The van der Waals surface area contributed by atoms with Crippen LogP contribution in [0.4, 0.5) is 5.69 Å². The van der Waals surface area contributed by atoms with Gasteiger partial charge in [0.2, 0.25) is 11.8 Å². The molecule has 0 heterocycles. The van der Waals surface area contributed by atoms with E-state index in [2.05, 4.69) is 37.2 Å². The fourth-order valence-electron chi connectivity index (χ4n) is 3.97. The number of nitrogens with one attached hydrogen (secondary N) is 1. The van der Waals surface area contributed by atoms with Crippen molar-refractivity contribution in [3.05, 3.63) is 87.3 Å². The van der Waals surface area contributed by atoms with Crippen molar-refractivity contribution >= 4 is 59.4 Å². The molecule has 0 bridgehead atoms. The minimum atomic E-state index is -4.15. The number of ether oxygens (including phenoxy) is 1. The molecule has 220 valence electrons. The van der Waals surface area contributed by atoms with Gasteiger partial charge in [-0.2, -0.15) is 0 Å². The number of carbonyl (C=O) groups is 2. The van der Waals surface area contributed by atoms with Crippen LogP contribution >= 0.6 is 31.9 Å². The second-order valence-corrected chi connectivity index (χ2v) is 13.2. The van der Waals surface area contributed by atoms with Crippen molar-refractivity contribution in [3.63, 3.8) is 0 Å². The Bertz CT molecular complexity index is 1420. The van der Waals surface area contributed by atoms with E-state index in [0.717, 1.165) is 25.2 Å². The van der Waals surface area contributed by atoms with Crippen LogP contribution in [0.5, 0.6) is 5.75 Å². The lowest BCUT2D eigenvalue weighted by molar-refractivity contribution is -0.139. The topological polar surface area (TPSA) is 96.0 Å². The lowest BCUT2D eigenvalue weighted by Crippen LogP contribution is -2.52. The molecule has 8 nitrogen and oxygen atoms in total. The number of carbonyl (C=O) groups excluding carboxylic acids is 2. The van der Waals surface area contributed by atoms with Gasteiger partial charge in [-0.1, -0.05) is 50.9 Å². The summed E-state index contributed by atoms with van der Waals surface area (Å²) in [5.74, 6) is -0.252. The highest BCUT2D eigenvalue weighted by Crippen LogP contribution is 2.27. The molecule has 11 heteroatoms. The van der Waals surface area contributed by atoms with Gasteiger partial charge in [-0.25, -0.2) is 8.42 Å². The van der Waals surface area contributed by atoms with Gasteiger partial charge in [-0.3, -0.25) is 13.9 Å². The summed E-state index contributed by atoms with van der Waals surface area (Å²) in [5.41, 5.74) is 1.10. The van der Waals surface area contributed by atoms with Crippen molar-refractivity contribution in [2.24, 2.45) is 0 Å². The first-order valence-electron chi connectivity index (χ1n) is 13.3. The average molecular weight is 710 g/mol. The standard InChI is InChI=1S/C30H35Br2N3O5S/c1-5-21(3)33-30(37)22(4)34(19-23-7-9-24(31)10-8-23)29(36)20-35(26-13-15-27(16-14-26)40-6-2)41(38,39)28-17-11-25(32)12-18-28/h7-18,21-22H,5-6,19-20H2,1-4H3,(H,33,37). The first kappa shape index (κ1) is 32.6. The van der Waals surface area contributed by atoms with Crippen molar-refractivity contribution < 1.29 is 22.7 Å². The van der Waals surface area contributed by atoms with E-state index in [1.807, 2.05) is 45.0 Å². The van der Waals surface area contributed by atoms with Crippen molar-refractivity contribution in [1.82, 2.24) is 10.2 Å². The highest BCUT2D eigenvalue weighted by Gasteiger charge is 2.32. The third-order valence-corrected chi connectivity index (χ3v) is 9.40. The van der Waals surface area contributed by atoms with Crippen LogP contribution in [-0.2, 0) is 26.2 Å². The molecule has 0 aromatic heterocycles. The number of hydrogen-bond acceptors (Lipinski definition) is 5. The zero-order valence-electron chi connectivity index (χ0n) is 23.5. The SMILES string of the molecule is CCOc1ccc(N(CC(=O)N(Cc2ccc(Br)cc2)C(C)C(=O)NC(C)CC)S(=O)(=O)c2ccc(Br)cc2)cc1. The van der Waals surface area contributed by atoms with Gasteiger partial charge in [-0.15, -0.1) is 0 Å². The molecule has 3 aromatic rings. The Morgan fingerprint density at radius 2 is 1.44 bits per heavy atom. The van der Waals surface area contributed by atoms with Gasteiger partial charge >= 0.3 is 0 Å². The number of benzene rings is 3. The van der Waals surface area contributed by atoms with Crippen molar-refractivity contribution in [1.29, 1.82) is 0 Å². The first-order chi connectivity index (χ1) is 19.5. The lowest BCUT2D eigenvalue weighted by atomic mass is 10.1. The Kier molecular flexibility index (Phi) is 11.8. The zero-order chi connectivity index (χ0) is 30.2. The second kappa shape index (κ2) is 14.8. The maximum atomic E-state index is 14.0. The molecule has 0 aliphatic rings. The lowest BCUT2D eigenvalue weighted by Gasteiger charge is -2.32. The Morgan fingerprint density at radius 1 is 0.878 bits per heavy atom. The van der Waals surface area contributed by atoms with Crippen molar-refractivity contribution in [2.75, 3.05) is 17.5 Å². The van der Waals surface area contributed by atoms with Crippen LogP contribution in [0.1, 0.15) is 39.7 Å². The van der Waals surface area contributed by atoms with Gasteiger partial charge in [-0.05, 0) is 93.4 Å². The number of halogens is 2. The summed E-state index contributed by atoms with van der Waals surface area (Å²) in [7, 11) is -4.15. The minimum absolute atomic E-state index is 0.0319. The van der Waals surface area contributed by atoms with E-state index in [4.69, 9.17) is 4.74 Å². The maximum Gasteiger partial charge on any atom is 0.264 e. The zero-order valence-corrected chi connectivity index (χ0v) is 27.5. The molecule has 0 spiro atoms. The summed E-state index contributed by atoms with van der Waals surface area (Å²) in [6.45, 7) is 7.43. The van der Waals surface area contributed by atoms with Gasteiger partial charge < -0.3 is 15.0 Å². The van der Waals surface area contributed by atoms with Gasteiger partial charge in [0.25, 0.3) is 10.0 Å². The van der Waals surface area contributed by atoms with E-state index < -0.39 is 28.5 Å². The van der Waals surface area contributed by atoms with Gasteiger partial charge in [0.1, 0.15) is 18.3 Å². The van der Waals surface area contributed by atoms with E-state index in [1.165, 1.54) is 17.0 Å². The van der Waals surface area contributed by atoms with E-state index in [-0.39, 0.29) is 23.4 Å². The van der Waals surface area contributed by atoms with Crippen LogP contribution in [0.3, 0.4) is 0 Å². The number of amides is 2. The quantitative estimate of drug-likeness (QED) is 0.230. The van der Waals surface area contributed by atoms with E-state index in [0.29, 0.717) is 18.0 Å². The van der Waals surface area contributed by atoms with Crippen LogP contribution in [0, 0.1) is 0 Å². The van der Waals surface area contributed by atoms with Crippen LogP contribution in [0.2, 0.25) is 0 Å². The molecule has 2 unspecified atom stereocenters. The molecule has 0 radical (unpaired) electrons. The Hall–Kier alpha value is -2.89. The van der Waals surface area contributed by atoms with Crippen molar-refractivity contribution in [2.45, 2.75) is 57.6 Å². The first-order valence-corrected chi connectivity index (χ1v) is 16.3. The maximum absolute atomic E-state index is 14.0. The molecule has 0 saturated heterocycles. The number of nitrogens with zero attached hydrogens (tertiary/aromatic N) is 2. The normalized spacial score (nSPS) is 12.7. The number of sulfonamides is 1. The Morgan fingerprint density at radius 3 is 1.98 bits per heavy atom. The second-order valence-electron chi connectivity index (χ2n) is 9.53. The summed E-state index contributed by atoms with van der Waals surface area (Å²) in [6.07, 6.45) is 0.732. The van der Waals surface area contributed by atoms with Crippen LogP contribution in [-0.4, -0.2) is 50.4 Å². The number of rotatable bonds is 13. The van der Waals surface area contributed by atoms with Crippen LogP contribution in [0.15, 0.2) is 86.6 Å². The summed E-state index contributed by atoms with van der Waals surface area (Å²) in [5, 5.41) is 2.93. The molecule has 2 atom stereocenters. The predicted molar refractivity (Wildman–Crippen MR) is 168 cm³/mol. The smallest absolute Gasteiger partial charge is 0.264 e. The summed E-state index contributed by atoms with van der Waals surface area (Å²) in [6, 6.07) is 19.2. The fourth-order valence-corrected chi connectivity index (χ4v) is 5.92. The largest absolute Gasteiger partial charge is 0.494 e. The monoisotopic (exact) mass is 707 g/mol. The molecular weight excluding hydrogens is 674 g/mol. The van der Waals surface area contributed by atoms with E-state index in [1.54, 1.807) is 43.3 Å². The molecule has 3 rings (SSSR count). The highest BCUT2D eigenvalue weighted by molar-refractivity contribution is 9.10. The molecule has 2 amide bonds. The third-order valence-electron chi connectivity index (χ3n) is 6.55. The molecule has 3 aromatic carbocycles.